The SMILES string of the molecule is CC(F)(F)CNCCCl. The van der Waals surface area contributed by atoms with Gasteiger partial charge in [-0.15, -0.1) is 11.6 Å². The average Bonchev–Trinajstić information content (AvgIpc) is 1.63. The molecule has 0 saturated carbocycles. The van der Waals surface area contributed by atoms with Crippen LogP contribution < -0.4 is 5.32 Å². The first-order chi connectivity index (χ1) is 4.06. The van der Waals surface area contributed by atoms with Gasteiger partial charge in [-0.25, -0.2) is 8.78 Å². The average molecular weight is 158 g/mol. The molecule has 0 rings (SSSR count). The van der Waals surface area contributed by atoms with Crippen molar-refractivity contribution in [3.8, 4) is 0 Å². The molecular weight excluding hydrogens is 148 g/mol. The first-order valence-corrected chi connectivity index (χ1v) is 3.24. The molecule has 0 aliphatic rings. The lowest BCUT2D eigenvalue weighted by Gasteiger charge is -2.09. The Hall–Kier alpha value is 0.110. The standard InChI is InChI=1S/C5H10ClF2N/c1-5(7,8)4-9-3-2-6/h9H,2-4H2,1H3. The van der Waals surface area contributed by atoms with Crippen molar-refractivity contribution in [1.82, 2.24) is 5.32 Å². The number of halogens is 3. The van der Waals surface area contributed by atoms with Crippen LogP contribution in [0.4, 0.5) is 8.78 Å². The zero-order valence-electron chi connectivity index (χ0n) is 5.26. The molecule has 0 fully saturated rings. The van der Waals surface area contributed by atoms with E-state index in [4.69, 9.17) is 11.6 Å². The lowest BCUT2D eigenvalue weighted by molar-refractivity contribution is 0.0233. The Morgan fingerprint density at radius 3 is 2.44 bits per heavy atom. The van der Waals surface area contributed by atoms with E-state index in [1.807, 2.05) is 0 Å². The first kappa shape index (κ1) is 9.11. The second-order valence-corrected chi connectivity index (χ2v) is 2.31. The normalized spacial score (nSPS) is 12.0. The van der Waals surface area contributed by atoms with Crippen LogP contribution in [0.5, 0.6) is 0 Å². The van der Waals surface area contributed by atoms with Crippen molar-refractivity contribution < 1.29 is 8.78 Å². The highest BCUT2D eigenvalue weighted by Crippen LogP contribution is 2.08. The third-order valence-electron chi connectivity index (χ3n) is 0.707. The molecule has 1 N–H and O–H groups in total. The Balaban J connectivity index is 3.07. The smallest absolute Gasteiger partial charge is 0.257 e. The number of nitrogens with one attached hydrogen (secondary N) is 1. The van der Waals surface area contributed by atoms with E-state index >= 15 is 0 Å². The van der Waals surface area contributed by atoms with E-state index in [0.717, 1.165) is 6.92 Å². The van der Waals surface area contributed by atoms with Gasteiger partial charge in [0.25, 0.3) is 5.92 Å². The Kier molecular flexibility index (Phi) is 4.06. The van der Waals surface area contributed by atoms with Crippen molar-refractivity contribution in [2.45, 2.75) is 12.8 Å². The lowest BCUT2D eigenvalue weighted by atomic mass is 10.4. The van der Waals surface area contributed by atoms with Crippen molar-refractivity contribution in [2.75, 3.05) is 19.0 Å². The minimum atomic E-state index is -2.62. The topological polar surface area (TPSA) is 12.0 Å². The molecule has 0 saturated heterocycles. The van der Waals surface area contributed by atoms with Crippen LogP contribution >= 0.6 is 11.6 Å². The van der Waals surface area contributed by atoms with Gasteiger partial charge >= 0.3 is 0 Å². The molecule has 56 valence electrons. The van der Waals surface area contributed by atoms with Crippen molar-refractivity contribution in [3.05, 3.63) is 0 Å². The molecule has 0 aliphatic carbocycles. The molecule has 0 aromatic heterocycles. The number of rotatable bonds is 4. The zero-order valence-corrected chi connectivity index (χ0v) is 6.01. The van der Waals surface area contributed by atoms with Crippen LogP contribution in [0.2, 0.25) is 0 Å². The summed E-state index contributed by atoms with van der Waals surface area (Å²) in [4.78, 5) is 0. The molecule has 1 nitrogen and oxygen atoms in total. The highest BCUT2D eigenvalue weighted by Gasteiger charge is 2.19. The maximum Gasteiger partial charge on any atom is 0.257 e. The second kappa shape index (κ2) is 4.01. The Morgan fingerprint density at radius 2 is 2.11 bits per heavy atom. The molecule has 0 aliphatic heterocycles. The number of alkyl halides is 3. The highest BCUT2D eigenvalue weighted by molar-refractivity contribution is 6.18. The molecule has 0 radical (unpaired) electrons. The molecule has 0 amide bonds. The summed E-state index contributed by atoms with van der Waals surface area (Å²) < 4.78 is 23.9. The molecule has 0 atom stereocenters. The maximum atomic E-state index is 11.9. The van der Waals surface area contributed by atoms with Gasteiger partial charge in [-0.05, 0) is 0 Å². The third-order valence-corrected chi connectivity index (χ3v) is 0.896. The fourth-order valence-corrected chi connectivity index (χ4v) is 0.508. The molecule has 4 heteroatoms. The summed E-state index contributed by atoms with van der Waals surface area (Å²) >= 11 is 5.22. The van der Waals surface area contributed by atoms with Crippen LogP contribution in [-0.4, -0.2) is 24.9 Å². The van der Waals surface area contributed by atoms with Gasteiger partial charge in [0.2, 0.25) is 0 Å². The lowest BCUT2D eigenvalue weighted by Crippen LogP contribution is -2.30. The summed E-state index contributed by atoms with van der Waals surface area (Å²) in [5.74, 6) is -2.25. The molecule has 0 bridgehead atoms. The monoisotopic (exact) mass is 157 g/mol. The fourth-order valence-electron chi connectivity index (χ4n) is 0.375. The third kappa shape index (κ3) is 8.11. The summed E-state index contributed by atoms with van der Waals surface area (Å²) in [6.07, 6.45) is 0. The van der Waals surface area contributed by atoms with Gasteiger partial charge in [-0.3, -0.25) is 0 Å². The van der Waals surface area contributed by atoms with Crippen LogP contribution in [0.15, 0.2) is 0 Å². The van der Waals surface area contributed by atoms with Gasteiger partial charge in [-0.2, -0.15) is 0 Å². The molecule has 0 heterocycles. The van der Waals surface area contributed by atoms with Crippen LogP contribution in [-0.2, 0) is 0 Å². The summed E-state index contributed by atoms with van der Waals surface area (Å²) in [5, 5.41) is 2.49. The Bertz CT molecular complexity index is 71.8. The van der Waals surface area contributed by atoms with Gasteiger partial charge in [0.1, 0.15) is 0 Å². The Morgan fingerprint density at radius 1 is 1.56 bits per heavy atom. The predicted octanol–water partition coefficient (Wildman–Crippen LogP) is 1.47. The van der Waals surface area contributed by atoms with E-state index in [1.165, 1.54) is 0 Å². The minimum Gasteiger partial charge on any atom is -0.310 e. The summed E-state index contributed by atoms with van der Waals surface area (Å²) in [6, 6.07) is 0. The fraction of sp³-hybridized carbons (Fsp3) is 1.00. The molecular formula is C5H10ClF2N. The van der Waals surface area contributed by atoms with E-state index in [2.05, 4.69) is 5.32 Å². The largest absolute Gasteiger partial charge is 0.310 e. The van der Waals surface area contributed by atoms with Gasteiger partial charge in [-0.1, -0.05) is 0 Å². The molecule has 0 spiro atoms. The van der Waals surface area contributed by atoms with Crippen LogP contribution in [0.1, 0.15) is 6.92 Å². The van der Waals surface area contributed by atoms with Gasteiger partial charge in [0.05, 0.1) is 6.54 Å². The van der Waals surface area contributed by atoms with Gasteiger partial charge in [0.15, 0.2) is 0 Å². The van der Waals surface area contributed by atoms with Crippen molar-refractivity contribution >= 4 is 11.6 Å². The van der Waals surface area contributed by atoms with Crippen LogP contribution in [0.3, 0.4) is 0 Å². The van der Waals surface area contributed by atoms with E-state index in [1.54, 1.807) is 0 Å². The zero-order chi connectivity index (χ0) is 7.33. The number of hydrogen-bond donors (Lipinski definition) is 1. The van der Waals surface area contributed by atoms with Gasteiger partial charge in [0, 0.05) is 19.3 Å². The summed E-state index contributed by atoms with van der Waals surface area (Å²) in [7, 11) is 0. The predicted molar refractivity (Wildman–Crippen MR) is 34.2 cm³/mol. The van der Waals surface area contributed by atoms with E-state index < -0.39 is 5.92 Å². The molecule has 0 aromatic carbocycles. The maximum absolute atomic E-state index is 11.9. The van der Waals surface area contributed by atoms with E-state index in [0.29, 0.717) is 12.4 Å². The molecule has 0 unspecified atom stereocenters. The van der Waals surface area contributed by atoms with Crippen molar-refractivity contribution in [1.29, 1.82) is 0 Å². The second-order valence-electron chi connectivity index (χ2n) is 1.94. The number of hydrogen-bond acceptors (Lipinski definition) is 1. The van der Waals surface area contributed by atoms with Gasteiger partial charge < -0.3 is 5.32 Å². The minimum absolute atomic E-state index is 0.292. The highest BCUT2D eigenvalue weighted by atomic mass is 35.5. The Labute approximate surface area is 58.4 Å². The molecule has 9 heavy (non-hydrogen) atoms. The summed E-state index contributed by atoms with van der Waals surface area (Å²) in [6.45, 7) is 1.01. The van der Waals surface area contributed by atoms with Crippen molar-refractivity contribution in [3.63, 3.8) is 0 Å². The van der Waals surface area contributed by atoms with Crippen molar-refractivity contribution in [2.24, 2.45) is 0 Å². The quantitative estimate of drug-likeness (QED) is 0.482. The first-order valence-electron chi connectivity index (χ1n) is 2.71. The molecule has 0 aromatic rings. The van der Waals surface area contributed by atoms with E-state index in [9.17, 15) is 8.78 Å². The van der Waals surface area contributed by atoms with Crippen LogP contribution in [0, 0.1) is 0 Å². The summed E-state index contributed by atoms with van der Waals surface area (Å²) in [5.41, 5.74) is 0. The van der Waals surface area contributed by atoms with E-state index in [-0.39, 0.29) is 6.54 Å². The van der Waals surface area contributed by atoms with Crippen LogP contribution in [0.25, 0.3) is 0 Å².